The van der Waals surface area contributed by atoms with Crippen molar-refractivity contribution in [2.45, 2.75) is 0 Å². The maximum atomic E-state index is 13.1. The monoisotopic (exact) mass is 628 g/mol. The average Bonchev–Trinajstić information content (AvgIpc) is 2.99. The zero-order valence-corrected chi connectivity index (χ0v) is 25.9. The third-order valence-corrected chi connectivity index (χ3v) is 7.44. The van der Waals surface area contributed by atoms with Gasteiger partial charge in [-0.1, -0.05) is 29.8 Å². The Morgan fingerprint density at radius 2 is 1.58 bits per heavy atom. The van der Waals surface area contributed by atoms with Crippen molar-refractivity contribution in [2.24, 2.45) is 0 Å². The molecule has 0 radical (unpaired) electrons. The van der Waals surface area contributed by atoms with E-state index in [1.165, 1.54) is 26.6 Å². The molecule has 43 heavy (non-hydrogen) atoms. The van der Waals surface area contributed by atoms with Gasteiger partial charge >= 0.3 is 0 Å². The second kappa shape index (κ2) is 14.3. The van der Waals surface area contributed by atoms with Crippen molar-refractivity contribution in [1.82, 2.24) is 19.8 Å². The first-order valence-corrected chi connectivity index (χ1v) is 14.1. The molecule has 1 aliphatic heterocycles. The molecule has 1 fully saturated rings. The van der Waals surface area contributed by atoms with Crippen LogP contribution in [0.5, 0.6) is 11.5 Å². The van der Waals surface area contributed by atoms with Crippen LogP contribution >= 0.6 is 23.2 Å². The number of halogens is 2. The predicted octanol–water partition coefficient (Wildman–Crippen LogP) is 4.62. The van der Waals surface area contributed by atoms with E-state index in [2.05, 4.69) is 37.4 Å². The summed E-state index contributed by atoms with van der Waals surface area (Å²) < 4.78 is 11.0. The zero-order valence-electron chi connectivity index (χ0n) is 24.4. The highest BCUT2D eigenvalue weighted by molar-refractivity contribution is 6.37. The van der Waals surface area contributed by atoms with Gasteiger partial charge in [-0.25, -0.2) is 9.97 Å². The van der Waals surface area contributed by atoms with Gasteiger partial charge in [-0.2, -0.15) is 0 Å². The Hall–Kier alpha value is -4.26. The van der Waals surface area contributed by atoms with Gasteiger partial charge in [0, 0.05) is 51.4 Å². The fourth-order valence-electron chi connectivity index (χ4n) is 4.43. The number of hydrogen-bond acceptors (Lipinski definition) is 10. The largest absolute Gasteiger partial charge is 0.495 e. The lowest BCUT2D eigenvalue weighted by Gasteiger charge is -2.34. The van der Waals surface area contributed by atoms with Crippen LogP contribution in [-0.2, 0) is 9.59 Å². The van der Waals surface area contributed by atoms with Crippen molar-refractivity contribution in [3.63, 3.8) is 0 Å². The van der Waals surface area contributed by atoms with Crippen molar-refractivity contribution in [1.29, 1.82) is 0 Å². The number of carbonyl (C=O) groups is 2. The third-order valence-electron chi connectivity index (χ3n) is 6.83. The molecule has 0 unspecified atom stereocenters. The summed E-state index contributed by atoms with van der Waals surface area (Å²) >= 11 is 12.5. The number of likely N-dealkylation sites (N-methyl/N-ethyl adjacent to an activating group) is 2. The van der Waals surface area contributed by atoms with Gasteiger partial charge in [-0.3, -0.25) is 9.59 Å². The zero-order chi connectivity index (χ0) is 31.1. The van der Waals surface area contributed by atoms with Crippen molar-refractivity contribution in [3.05, 3.63) is 59.4 Å². The number of anilines is 6. The van der Waals surface area contributed by atoms with E-state index in [-0.39, 0.29) is 12.5 Å². The summed E-state index contributed by atoms with van der Waals surface area (Å²) in [7, 11) is 6.87. The molecule has 2 amide bonds. The lowest BCUT2D eigenvalue weighted by atomic mass is 10.2. The number of benzene rings is 2. The van der Waals surface area contributed by atoms with E-state index in [0.717, 1.165) is 13.1 Å². The normalized spacial score (nSPS) is 13.2. The minimum absolute atomic E-state index is 0.00260. The second-order valence-corrected chi connectivity index (χ2v) is 10.6. The van der Waals surface area contributed by atoms with Crippen LogP contribution in [0, 0.1) is 0 Å². The number of nitrogens with one attached hydrogen (secondary N) is 3. The van der Waals surface area contributed by atoms with Crippen LogP contribution in [0.15, 0.2) is 49.3 Å². The van der Waals surface area contributed by atoms with E-state index in [9.17, 15) is 9.59 Å². The molecule has 3 N–H and O–H groups in total. The molecule has 0 saturated carbocycles. The summed E-state index contributed by atoms with van der Waals surface area (Å²) in [5, 5.41) is 9.96. The first-order chi connectivity index (χ1) is 20.6. The highest BCUT2D eigenvalue weighted by Gasteiger charge is 2.23. The fourth-order valence-corrected chi connectivity index (χ4v) is 4.94. The molecule has 4 rings (SSSR count). The van der Waals surface area contributed by atoms with Crippen LogP contribution in [-0.4, -0.2) is 92.6 Å². The molecule has 2 heterocycles. The molecule has 228 valence electrons. The molecular weight excluding hydrogens is 595 g/mol. The van der Waals surface area contributed by atoms with Crippen LogP contribution < -0.4 is 30.3 Å². The molecule has 2 aromatic carbocycles. The number of piperazine rings is 1. The summed E-state index contributed by atoms with van der Waals surface area (Å²) in [6, 6.07) is 8.38. The number of rotatable bonds is 11. The molecule has 12 nitrogen and oxygen atoms in total. The first kappa shape index (κ1) is 31.7. The topological polar surface area (TPSA) is 124 Å². The number of methoxy groups -OCH3 is 2. The maximum Gasteiger partial charge on any atom is 0.247 e. The summed E-state index contributed by atoms with van der Waals surface area (Å²) in [6.45, 7) is 6.67. The Labute approximate surface area is 260 Å². The quantitative estimate of drug-likeness (QED) is 0.259. The van der Waals surface area contributed by atoms with Crippen LogP contribution in [0.3, 0.4) is 0 Å². The molecule has 1 aliphatic rings. The molecule has 0 aliphatic carbocycles. The van der Waals surface area contributed by atoms with Gasteiger partial charge in [0.2, 0.25) is 11.8 Å². The summed E-state index contributed by atoms with van der Waals surface area (Å²) in [6.07, 6.45) is 2.56. The second-order valence-electron chi connectivity index (χ2n) is 9.81. The first-order valence-electron chi connectivity index (χ1n) is 13.3. The maximum absolute atomic E-state index is 13.1. The van der Waals surface area contributed by atoms with E-state index in [1.807, 2.05) is 11.9 Å². The van der Waals surface area contributed by atoms with E-state index in [1.54, 1.807) is 42.3 Å². The van der Waals surface area contributed by atoms with Crippen molar-refractivity contribution < 1.29 is 19.1 Å². The highest BCUT2D eigenvalue weighted by atomic mass is 35.5. The van der Waals surface area contributed by atoms with Crippen molar-refractivity contribution >= 4 is 69.4 Å². The molecule has 3 aromatic rings. The molecule has 0 bridgehead atoms. The van der Waals surface area contributed by atoms with Crippen molar-refractivity contribution in [2.75, 3.05) is 81.9 Å². The smallest absolute Gasteiger partial charge is 0.247 e. The minimum Gasteiger partial charge on any atom is -0.495 e. The van der Waals surface area contributed by atoms with E-state index in [0.29, 0.717) is 69.0 Å². The predicted molar refractivity (Wildman–Crippen MR) is 171 cm³/mol. The number of nitrogens with zero attached hydrogens (tertiary/aromatic N) is 5. The van der Waals surface area contributed by atoms with Gasteiger partial charge in [0.05, 0.1) is 53.6 Å². The number of carbonyl (C=O) groups excluding carboxylic acids is 2. The Bertz CT molecular complexity index is 1500. The van der Waals surface area contributed by atoms with Crippen LogP contribution in [0.1, 0.15) is 0 Å². The van der Waals surface area contributed by atoms with Gasteiger partial charge in [-0.15, -0.1) is 0 Å². The number of aromatic nitrogens is 2. The van der Waals surface area contributed by atoms with E-state index in [4.69, 9.17) is 32.7 Å². The van der Waals surface area contributed by atoms with Gasteiger partial charge in [0.15, 0.2) is 0 Å². The summed E-state index contributed by atoms with van der Waals surface area (Å²) in [5.41, 5.74) is 2.10. The highest BCUT2D eigenvalue weighted by Crippen LogP contribution is 2.39. The SMILES string of the molecule is C=CC(=O)Nc1cc(Nc2cc(Nc3cc(OC)c(Cl)cc3Cl)ncn2)c(OC)cc1N(C)CC(=O)N1CCN(C)CC1. The van der Waals surface area contributed by atoms with Gasteiger partial charge < -0.3 is 40.1 Å². The summed E-state index contributed by atoms with van der Waals surface area (Å²) in [5.74, 6) is 1.39. The Morgan fingerprint density at radius 1 is 0.930 bits per heavy atom. The average molecular weight is 630 g/mol. The molecule has 0 atom stereocenters. The van der Waals surface area contributed by atoms with Crippen LogP contribution in [0.25, 0.3) is 0 Å². The molecular formula is C29H34Cl2N8O4. The third kappa shape index (κ3) is 7.98. The number of ether oxygens (including phenoxy) is 2. The van der Waals surface area contributed by atoms with E-state index >= 15 is 0 Å². The Morgan fingerprint density at radius 3 is 2.21 bits per heavy atom. The van der Waals surface area contributed by atoms with Gasteiger partial charge in [0.25, 0.3) is 0 Å². The van der Waals surface area contributed by atoms with E-state index < -0.39 is 5.91 Å². The Kier molecular flexibility index (Phi) is 10.5. The van der Waals surface area contributed by atoms with Crippen LogP contribution in [0.2, 0.25) is 10.0 Å². The minimum atomic E-state index is -0.403. The lowest BCUT2D eigenvalue weighted by Crippen LogP contribution is -2.49. The Balaban J connectivity index is 1.59. The summed E-state index contributed by atoms with van der Waals surface area (Å²) in [4.78, 5) is 39.8. The number of hydrogen-bond donors (Lipinski definition) is 3. The standard InChI is InChI=1S/C29H34Cl2N8O4/c1-6-28(40)36-21-12-22(25(43-5)14-23(21)38(3)16-29(41)39-9-7-37(2)8-10-39)35-27-15-26(32-17-33-27)34-20-13-24(42-4)19(31)11-18(20)30/h6,11-15,17H,1,7-10,16H2,2-5H3,(H,36,40)(H2,32,33,34,35). The van der Waals surface area contributed by atoms with Crippen LogP contribution in [0.4, 0.5) is 34.4 Å². The molecule has 1 saturated heterocycles. The number of amides is 2. The molecule has 0 spiro atoms. The van der Waals surface area contributed by atoms with Gasteiger partial charge in [0.1, 0.15) is 29.5 Å². The lowest BCUT2D eigenvalue weighted by molar-refractivity contribution is -0.131. The fraction of sp³-hybridized carbons (Fsp3) is 0.310. The van der Waals surface area contributed by atoms with Gasteiger partial charge in [-0.05, 0) is 25.3 Å². The molecule has 14 heteroatoms. The van der Waals surface area contributed by atoms with Crippen molar-refractivity contribution in [3.8, 4) is 11.5 Å². The molecule has 1 aromatic heterocycles.